The summed E-state index contributed by atoms with van der Waals surface area (Å²) in [5, 5.41) is 3.26. The third kappa shape index (κ3) is 1.78. The van der Waals surface area contributed by atoms with Crippen LogP contribution in [0.5, 0.6) is 0 Å². The van der Waals surface area contributed by atoms with Gasteiger partial charge in [0.15, 0.2) is 0 Å². The van der Waals surface area contributed by atoms with E-state index >= 15 is 0 Å². The first kappa shape index (κ1) is 9.24. The van der Waals surface area contributed by atoms with Crippen molar-refractivity contribution in [3.63, 3.8) is 0 Å². The minimum absolute atomic E-state index is 0.0987. The fraction of sp³-hybridized carbons (Fsp3) is 0.600. The van der Waals surface area contributed by atoms with Gasteiger partial charge in [-0.2, -0.15) is 0 Å². The molecule has 0 radical (unpaired) electrons. The van der Waals surface area contributed by atoms with Crippen molar-refractivity contribution in [2.75, 3.05) is 5.32 Å². The fourth-order valence-electron chi connectivity index (χ4n) is 1.55. The van der Waals surface area contributed by atoms with Crippen LogP contribution in [0.25, 0.3) is 0 Å². The number of aromatic nitrogens is 2. The van der Waals surface area contributed by atoms with Gasteiger partial charge >= 0.3 is 0 Å². The summed E-state index contributed by atoms with van der Waals surface area (Å²) in [4.78, 5) is 18.0. The van der Waals surface area contributed by atoms with Gasteiger partial charge in [0.05, 0.1) is 0 Å². The van der Waals surface area contributed by atoms with E-state index in [9.17, 15) is 4.79 Å². The SMILES string of the molecule is Cc1nc(NC2CC2(C)C)cc(=O)[nH]1. The molecule has 2 rings (SSSR count). The Morgan fingerprint density at radius 1 is 1.64 bits per heavy atom. The van der Waals surface area contributed by atoms with E-state index in [1.807, 2.05) is 0 Å². The van der Waals surface area contributed by atoms with Crippen LogP contribution in [-0.4, -0.2) is 16.0 Å². The van der Waals surface area contributed by atoms with Crippen molar-refractivity contribution in [2.24, 2.45) is 5.41 Å². The van der Waals surface area contributed by atoms with Crippen molar-refractivity contribution < 1.29 is 0 Å². The maximum Gasteiger partial charge on any atom is 0.252 e. The number of aryl methyl sites for hydroxylation is 1. The molecule has 0 aromatic carbocycles. The Morgan fingerprint density at radius 3 is 2.79 bits per heavy atom. The van der Waals surface area contributed by atoms with E-state index in [4.69, 9.17) is 0 Å². The molecule has 1 aliphatic carbocycles. The van der Waals surface area contributed by atoms with E-state index in [-0.39, 0.29) is 5.56 Å². The van der Waals surface area contributed by atoms with Crippen LogP contribution in [-0.2, 0) is 0 Å². The monoisotopic (exact) mass is 193 g/mol. The van der Waals surface area contributed by atoms with Crippen molar-refractivity contribution in [1.82, 2.24) is 9.97 Å². The highest BCUT2D eigenvalue weighted by Gasteiger charge is 2.45. The quantitative estimate of drug-likeness (QED) is 0.744. The van der Waals surface area contributed by atoms with Crippen molar-refractivity contribution in [1.29, 1.82) is 0 Å². The van der Waals surface area contributed by atoms with Gasteiger partial charge < -0.3 is 10.3 Å². The summed E-state index contributed by atoms with van der Waals surface area (Å²) in [6, 6.07) is 1.96. The zero-order valence-corrected chi connectivity index (χ0v) is 8.72. The molecular weight excluding hydrogens is 178 g/mol. The fourth-order valence-corrected chi connectivity index (χ4v) is 1.55. The highest BCUT2D eigenvalue weighted by Crippen LogP contribution is 2.46. The third-order valence-electron chi connectivity index (χ3n) is 2.70. The second-order valence-corrected chi connectivity index (χ2v) is 4.61. The molecule has 76 valence electrons. The molecule has 0 amide bonds. The Morgan fingerprint density at radius 2 is 2.29 bits per heavy atom. The van der Waals surface area contributed by atoms with E-state index in [1.54, 1.807) is 6.92 Å². The molecule has 0 bridgehead atoms. The maximum atomic E-state index is 11.1. The van der Waals surface area contributed by atoms with Gasteiger partial charge in [0, 0.05) is 12.1 Å². The number of hydrogen-bond donors (Lipinski definition) is 2. The lowest BCUT2D eigenvalue weighted by atomic mass is 10.2. The molecule has 1 unspecified atom stereocenters. The van der Waals surface area contributed by atoms with Gasteiger partial charge in [0.2, 0.25) is 0 Å². The number of aromatic amines is 1. The Kier molecular flexibility index (Phi) is 1.87. The lowest BCUT2D eigenvalue weighted by Crippen LogP contribution is -2.15. The van der Waals surface area contributed by atoms with Crippen molar-refractivity contribution in [2.45, 2.75) is 33.2 Å². The Bertz CT molecular complexity index is 408. The topological polar surface area (TPSA) is 57.8 Å². The number of H-pyrrole nitrogens is 1. The number of rotatable bonds is 2. The molecular formula is C10H15N3O. The second-order valence-electron chi connectivity index (χ2n) is 4.61. The molecule has 0 saturated heterocycles. The average molecular weight is 193 g/mol. The largest absolute Gasteiger partial charge is 0.367 e. The Balaban J connectivity index is 2.14. The molecule has 4 heteroatoms. The van der Waals surface area contributed by atoms with Gasteiger partial charge in [0.1, 0.15) is 11.6 Å². The predicted octanol–water partition coefficient (Wildman–Crippen LogP) is 1.29. The third-order valence-corrected chi connectivity index (χ3v) is 2.70. The van der Waals surface area contributed by atoms with Crippen LogP contribution in [0.4, 0.5) is 5.82 Å². The van der Waals surface area contributed by atoms with E-state index in [0.29, 0.717) is 23.1 Å². The van der Waals surface area contributed by atoms with Crippen LogP contribution >= 0.6 is 0 Å². The van der Waals surface area contributed by atoms with Crippen LogP contribution < -0.4 is 10.9 Å². The number of anilines is 1. The van der Waals surface area contributed by atoms with Crippen LogP contribution in [0.15, 0.2) is 10.9 Å². The van der Waals surface area contributed by atoms with Gasteiger partial charge in [-0.15, -0.1) is 0 Å². The van der Waals surface area contributed by atoms with Crippen molar-refractivity contribution in [3.05, 3.63) is 22.2 Å². The molecule has 2 N–H and O–H groups in total. The second kappa shape index (κ2) is 2.83. The first-order valence-electron chi connectivity index (χ1n) is 4.82. The summed E-state index contributed by atoms with van der Waals surface area (Å²) in [5.74, 6) is 1.33. The van der Waals surface area contributed by atoms with Crippen LogP contribution in [0.1, 0.15) is 26.1 Å². The van der Waals surface area contributed by atoms with Gasteiger partial charge in [-0.05, 0) is 18.8 Å². The number of nitrogens with one attached hydrogen (secondary N) is 2. The summed E-state index contributed by atoms with van der Waals surface area (Å²) in [6.45, 7) is 6.18. The van der Waals surface area contributed by atoms with E-state index < -0.39 is 0 Å². The molecule has 0 aliphatic heterocycles. The summed E-state index contributed by atoms with van der Waals surface area (Å²) in [7, 11) is 0. The molecule has 1 aromatic heterocycles. The predicted molar refractivity (Wildman–Crippen MR) is 55.4 cm³/mol. The van der Waals surface area contributed by atoms with E-state index in [1.165, 1.54) is 6.07 Å². The van der Waals surface area contributed by atoms with Gasteiger partial charge in [0.25, 0.3) is 5.56 Å². The Hall–Kier alpha value is -1.32. The van der Waals surface area contributed by atoms with Crippen LogP contribution in [0, 0.1) is 12.3 Å². The number of nitrogens with zero attached hydrogens (tertiary/aromatic N) is 1. The molecule has 4 nitrogen and oxygen atoms in total. The number of hydrogen-bond acceptors (Lipinski definition) is 3. The average Bonchev–Trinajstić information content (AvgIpc) is 2.55. The zero-order chi connectivity index (χ0) is 10.3. The highest BCUT2D eigenvalue weighted by atomic mass is 16.1. The molecule has 1 fully saturated rings. The molecule has 1 aliphatic rings. The molecule has 1 atom stereocenters. The summed E-state index contributed by atoms with van der Waals surface area (Å²) in [6.07, 6.45) is 1.14. The molecule has 1 aromatic rings. The molecule has 1 saturated carbocycles. The van der Waals surface area contributed by atoms with Gasteiger partial charge in [-0.3, -0.25) is 4.79 Å². The van der Waals surface area contributed by atoms with E-state index in [2.05, 4.69) is 29.1 Å². The van der Waals surface area contributed by atoms with Crippen LogP contribution in [0.3, 0.4) is 0 Å². The summed E-state index contributed by atoms with van der Waals surface area (Å²) >= 11 is 0. The normalized spacial score (nSPS) is 23.2. The maximum absolute atomic E-state index is 11.1. The summed E-state index contributed by atoms with van der Waals surface area (Å²) in [5.41, 5.74) is 0.247. The first-order chi connectivity index (χ1) is 6.47. The van der Waals surface area contributed by atoms with Crippen molar-refractivity contribution in [3.8, 4) is 0 Å². The van der Waals surface area contributed by atoms with Gasteiger partial charge in [-0.25, -0.2) is 4.98 Å². The summed E-state index contributed by atoms with van der Waals surface area (Å²) < 4.78 is 0. The van der Waals surface area contributed by atoms with Gasteiger partial charge in [-0.1, -0.05) is 13.8 Å². The molecule has 14 heavy (non-hydrogen) atoms. The Labute approximate surface area is 82.8 Å². The minimum Gasteiger partial charge on any atom is -0.367 e. The van der Waals surface area contributed by atoms with E-state index in [0.717, 1.165) is 6.42 Å². The smallest absolute Gasteiger partial charge is 0.252 e. The minimum atomic E-state index is -0.0987. The zero-order valence-electron chi connectivity index (χ0n) is 8.72. The first-order valence-corrected chi connectivity index (χ1v) is 4.82. The standard InChI is InChI=1S/C10H15N3O/c1-6-11-8(4-9(14)12-6)13-7-5-10(7,2)3/h4,7H,5H2,1-3H3,(H2,11,12,13,14). The lowest BCUT2D eigenvalue weighted by Gasteiger charge is -2.06. The van der Waals surface area contributed by atoms with Crippen molar-refractivity contribution >= 4 is 5.82 Å². The highest BCUT2D eigenvalue weighted by molar-refractivity contribution is 5.37. The molecule has 1 heterocycles. The lowest BCUT2D eigenvalue weighted by molar-refractivity contribution is 0.629. The van der Waals surface area contributed by atoms with Crippen LogP contribution in [0.2, 0.25) is 0 Å². The molecule has 0 spiro atoms.